The standard InChI is InChI=1S/C15H27NO4/c1-3-15(4-2,13(17)18)16-12-5-8-20-14(11-12)6-9-19-10-7-14/h12,16H,3-11H2,1-2H3,(H,17,18). The number of hydrogen-bond donors (Lipinski definition) is 2. The molecule has 1 spiro atoms. The molecule has 20 heavy (non-hydrogen) atoms. The SMILES string of the molecule is CCC(CC)(NC1CCOC2(CCOCC2)C1)C(=O)O. The Balaban J connectivity index is 2.03. The third-order valence-electron chi connectivity index (χ3n) is 4.99. The van der Waals surface area contributed by atoms with Crippen LogP contribution in [-0.2, 0) is 14.3 Å². The number of aliphatic carboxylic acids is 1. The summed E-state index contributed by atoms with van der Waals surface area (Å²) in [6, 6.07) is 0.220. The maximum atomic E-state index is 11.6. The zero-order valence-corrected chi connectivity index (χ0v) is 12.6. The summed E-state index contributed by atoms with van der Waals surface area (Å²) in [5, 5.41) is 13.0. The molecule has 0 bridgehead atoms. The number of carboxylic acid groups (broad SMARTS) is 1. The van der Waals surface area contributed by atoms with E-state index in [1.165, 1.54) is 0 Å². The smallest absolute Gasteiger partial charge is 0.323 e. The van der Waals surface area contributed by atoms with E-state index in [-0.39, 0.29) is 11.6 Å². The number of rotatable bonds is 5. The lowest BCUT2D eigenvalue weighted by atomic mass is 9.82. The van der Waals surface area contributed by atoms with E-state index in [0.29, 0.717) is 19.4 Å². The average Bonchev–Trinajstić information content (AvgIpc) is 2.45. The van der Waals surface area contributed by atoms with Crippen LogP contribution in [0.1, 0.15) is 52.4 Å². The van der Waals surface area contributed by atoms with Crippen molar-refractivity contribution in [1.29, 1.82) is 0 Å². The molecule has 1 unspecified atom stereocenters. The van der Waals surface area contributed by atoms with E-state index in [2.05, 4.69) is 5.32 Å². The summed E-state index contributed by atoms with van der Waals surface area (Å²) in [6.07, 6.45) is 4.83. The second kappa shape index (κ2) is 6.41. The van der Waals surface area contributed by atoms with Gasteiger partial charge >= 0.3 is 5.97 Å². The molecule has 5 heteroatoms. The van der Waals surface area contributed by atoms with Gasteiger partial charge in [0.1, 0.15) is 5.54 Å². The molecule has 1 atom stereocenters. The van der Waals surface area contributed by atoms with Gasteiger partial charge in [0, 0.05) is 25.9 Å². The fourth-order valence-corrected chi connectivity index (χ4v) is 3.45. The maximum absolute atomic E-state index is 11.6. The van der Waals surface area contributed by atoms with Crippen LogP contribution in [0.4, 0.5) is 0 Å². The molecule has 0 radical (unpaired) electrons. The molecule has 2 aliphatic heterocycles. The molecule has 0 aliphatic carbocycles. The van der Waals surface area contributed by atoms with Crippen LogP contribution in [0.2, 0.25) is 0 Å². The largest absolute Gasteiger partial charge is 0.480 e. The van der Waals surface area contributed by atoms with Crippen molar-refractivity contribution in [2.45, 2.75) is 69.6 Å². The van der Waals surface area contributed by atoms with Crippen molar-refractivity contribution in [1.82, 2.24) is 5.32 Å². The lowest BCUT2D eigenvalue weighted by Gasteiger charge is -2.45. The number of hydrogen-bond acceptors (Lipinski definition) is 4. The zero-order chi connectivity index (χ0) is 14.6. The summed E-state index contributed by atoms with van der Waals surface area (Å²) < 4.78 is 11.4. The van der Waals surface area contributed by atoms with Gasteiger partial charge in [-0.1, -0.05) is 13.8 Å². The first-order valence-corrected chi connectivity index (χ1v) is 7.79. The Morgan fingerprint density at radius 3 is 2.50 bits per heavy atom. The second-order valence-corrected chi connectivity index (χ2v) is 6.07. The van der Waals surface area contributed by atoms with Gasteiger partial charge in [0.05, 0.1) is 5.60 Å². The van der Waals surface area contributed by atoms with Gasteiger partial charge in [-0.05, 0) is 38.5 Å². The summed E-state index contributed by atoms with van der Waals surface area (Å²) in [5.74, 6) is -0.741. The highest BCUT2D eigenvalue weighted by Crippen LogP contribution is 2.35. The van der Waals surface area contributed by atoms with Crippen LogP contribution in [0, 0.1) is 0 Å². The van der Waals surface area contributed by atoms with E-state index in [4.69, 9.17) is 9.47 Å². The molecule has 2 rings (SSSR count). The number of nitrogens with one attached hydrogen (secondary N) is 1. The van der Waals surface area contributed by atoms with Gasteiger partial charge in [0.2, 0.25) is 0 Å². The molecule has 2 aliphatic rings. The summed E-state index contributed by atoms with van der Waals surface area (Å²) in [5.41, 5.74) is -0.895. The fraction of sp³-hybridized carbons (Fsp3) is 0.933. The first-order chi connectivity index (χ1) is 9.56. The molecule has 2 N–H and O–H groups in total. The van der Waals surface area contributed by atoms with Crippen molar-refractivity contribution in [3.05, 3.63) is 0 Å². The van der Waals surface area contributed by atoms with Crippen LogP contribution in [0.3, 0.4) is 0 Å². The Kier molecular flexibility index (Phi) is 5.04. The topological polar surface area (TPSA) is 67.8 Å². The van der Waals surface area contributed by atoms with Crippen molar-refractivity contribution < 1.29 is 19.4 Å². The summed E-state index contributed by atoms with van der Waals surface area (Å²) >= 11 is 0. The Morgan fingerprint density at radius 2 is 1.95 bits per heavy atom. The molecular weight excluding hydrogens is 258 g/mol. The van der Waals surface area contributed by atoms with Crippen LogP contribution < -0.4 is 5.32 Å². The fourth-order valence-electron chi connectivity index (χ4n) is 3.45. The molecule has 0 aromatic rings. The highest BCUT2D eigenvalue weighted by atomic mass is 16.5. The number of carbonyl (C=O) groups is 1. The van der Waals surface area contributed by atoms with E-state index in [0.717, 1.165) is 38.9 Å². The first kappa shape index (κ1) is 15.7. The van der Waals surface area contributed by atoms with E-state index in [1.54, 1.807) is 0 Å². The van der Waals surface area contributed by atoms with E-state index in [9.17, 15) is 9.90 Å². The second-order valence-electron chi connectivity index (χ2n) is 6.07. The van der Waals surface area contributed by atoms with E-state index >= 15 is 0 Å². The van der Waals surface area contributed by atoms with Crippen molar-refractivity contribution >= 4 is 5.97 Å². The third kappa shape index (κ3) is 3.15. The van der Waals surface area contributed by atoms with Gasteiger partial charge in [-0.2, -0.15) is 0 Å². The lowest BCUT2D eigenvalue weighted by molar-refractivity contribution is -0.153. The molecular formula is C15H27NO4. The normalized spacial score (nSPS) is 26.6. The molecule has 0 amide bonds. The maximum Gasteiger partial charge on any atom is 0.323 e. The monoisotopic (exact) mass is 285 g/mol. The van der Waals surface area contributed by atoms with Gasteiger partial charge in [0.15, 0.2) is 0 Å². The van der Waals surface area contributed by atoms with Gasteiger partial charge in [-0.3, -0.25) is 10.1 Å². The highest BCUT2D eigenvalue weighted by Gasteiger charge is 2.43. The first-order valence-electron chi connectivity index (χ1n) is 7.79. The van der Waals surface area contributed by atoms with E-state index < -0.39 is 11.5 Å². The number of ether oxygens (including phenoxy) is 2. The molecule has 2 heterocycles. The molecule has 2 fully saturated rings. The van der Waals surface area contributed by atoms with Gasteiger partial charge < -0.3 is 14.6 Å². The Labute approximate surface area is 121 Å². The lowest BCUT2D eigenvalue weighted by Crippen LogP contribution is -2.59. The predicted octanol–water partition coefficient (Wildman–Crippen LogP) is 1.95. The molecule has 0 aromatic carbocycles. The van der Waals surface area contributed by atoms with Crippen LogP contribution in [0.5, 0.6) is 0 Å². The molecule has 2 saturated heterocycles. The van der Waals surface area contributed by atoms with Crippen LogP contribution in [0.15, 0.2) is 0 Å². The summed E-state index contributed by atoms with van der Waals surface area (Å²) in [7, 11) is 0. The van der Waals surface area contributed by atoms with Crippen LogP contribution in [0.25, 0.3) is 0 Å². The molecule has 116 valence electrons. The van der Waals surface area contributed by atoms with Crippen LogP contribution >= 0.6 is 0 Å². The van der Waals surface area contributed by atoms with Gasteiger partial charge in [-0.25, -0.2) is 0 Å². The minimum absolute atomic E-state index is 0.0973. The predicted molar refractivity (Wildman–Crippen MR) is 75.8 cm³/mol. The van der Waals surface area contributed by atoms with Crippen LogP contribution in [-0.4, -0.2) is 48.1 Å². The molecule has 5 nitrogen and oxygen atoms in total. The minimum Gasteiger partial charge on any atom is -0.480 e. The Bertz CT molecular complexity index is 329. The van der Waals surface area contributed by atoms with Gasteiger partial charge in [-0.15, -0.1) is 0 Å². The summed E-state index contributed by atoms with van der Waals surface area (Å²) in [4.78, 5) is 11.6. The van der Waals surface area contributed by atoms with Crippen molar-refractivity contribution in [2.75, 3.05) is 19.8 Å². The molecule has 0 aromatic heterocycles. The van der Waals surface area contributed by atoms with Crippen molar-refractivity contribution in [3.8, 4) is 0 Å². The average molecular weight is 285 g/mol. The van der Waals surface area contributed by atoms with Crippen molar-refractivity contribution in [2.24, 2.45) is 0 Å². The third-order valence-corrected chi connectivity index (χ3v) is 4.99. The number of carboxylic acids is 1. The Morgan fingerprint density at radius 1 is 1.30 bits per heavy atom. The van der Waals surface area contributed by atoms with Gasteiger partial charge in [0.25, 0.3) is 0 Å². The molecule has 0 saturated carbocycles. The van der Waals surface area contributed by atoms with Crippen molar-refractivity contribution in [3.63, 3.8) is 0 Å². The van der Waals surface area contributed by atoms with E-state index in [1.807, 2.05) is 13.8 Å². The quantitative estimate of drug-likeness (QED) is 0.808. The Hall–Kier alpha value is -0.650. The summed E-state index contributed by atoms with van der Waals surface area (Å²) in [6.45, 7) is 6.08. The highest BCUT2D eigenvalue weighted by molar-refractivity contribution is 5.78. The zero-order valence-electron chi connectivity index (χ0n) is 12.6. The minimum atomic E-state index is -0.797.